The number of rotatable bonds is 7. The van der Waals surface area contributed by atoms with Gasteiger partial charge >= 0.3 is 5.97 Å². The fourth-order valence-electron chi connectivity index (χ4n) is 2.55. The first-order valence-electron chi connectivity index (χ1n) is 8.00. The fraction of sp³-hybridized carbons (Fsp3) is 0.588. The molecule has 22 heavy (non-hydrogen) atoms. The topological polar surface area (TPSA) is 38.8 Å². The zero-order chi connectivity index (χ0) is 15.6. The Labute approximate surface area is 137 Å². The van der Waals surface area contributed by atoms with E-state index in [0.29, 0.717) is 17.4 Å². The Kier molecular flexibility index (Phi) is 7.54. The third-order valence-electron chi connectivity index (χ3n) is 3.75. The Bertz CT molecular complexity index is 442. The predicted octanol–water partition coefficient (Wildman–Crippen LogP) is 3.53. The van der Waals surface area contributed by atoms with E-state index in [4.69, 9.17) is 21.1 Å². The second kappa shape index (κ2) is 9.70. The highest BCUT2D eigenvalue weighted by Crippen LogP contribution is 2.15. The number of carbonyl (C=O) groups is 1. The number of nitrogens with zero attached hydrogens (tertiary/aromatic N) is 1. The zero-order valence-electron chi connectivity index (χ0n) is 12.9. The van der Waals surface area contributed by atoms with Crippen molar-refractivity contribution in [3.05, 3.63) is 29.3 Å². The lowest BCUT2D eigenvalue weighted by molar-refractivity contribution is -0.146. The molecule has 0 amide bonds. The molecule has 122 valence electrons. The van der Waals surface area contributed by atoms with Gasteiger partial charge in [0, 0.05) is 11.6 Å². The van der Waals surface area contributed by atoms with Crippen molar-refractivity contribution in [2.45, 2.75) is 32.1 Å². The summed E-state index contributed by atoms with van der Waals surface area (Å²) in [5, 5.41) is 0.642. The Morgan fingerprint density at radius 2 is 1.77 bits per heavy atom. The largest absolute Gasteiger partial charge is 0.482 e. The molecule has 2 rings (SSSR count). The molecule has 1 aromatic carbocycles. The SMILES string of the molecule is O=C(COc1ccc(Cl)cc1)OCCCN1CCCCCC1. The lowest BCUT2D eigenvalue weighted by Gasteiger charge is -2.19. The number of hydrogen-bond donors (Lipinski definition) is 0. The summed E-state index contributed by atoms with van der Waals surface area (Å²) in [6, 6.07) is 6.91. The van der Waals surface area contributed by atoms with Crippen LogP contribution in [0.1, 0.15) is 32.1 Å². The monoisotopic (exact) mass is 325 g/mol. The van der Waals surface area contributed by atoms with Crippen LogP contribution in [0.4, 0.5) is 0 Å². The van der Waals surface area contributed by atoms with E-state index < -0.39 is 0 Å². The Hall–Kier alpha value is -1.26. The average Bonchev–Trinajstić information content (AvgIpc) is 2.80. The molecule has 0 aromatic heterocycles. The number of ether oxygens (including phenoxy) is 2. The third-order valence-corrected chi connectivity index (χ3v) is 4.00. The minimum atomic E-state index is -0.328. The van der Waals surface area contributed by atoms with Crippen molar-refractivity contribution in [3.8, 4) is 5.75 Å². The van der Waals surface area contributed by atoms with Gasteiger partial charge in [0.25, 0.3) is 0 Å². The van der Waals surface area contributed by atoms with Crippen molar-refractivity contribution in [1.29, 1.82) is 0 Å². The smallest absolute Gasteiger partial charge is 0.344 e. The molecule has 0 radical (unpaired) electrons. The van der Waals surface area contributed by atoms with Crippen molar-refractivity contribution in [1.82, 2.24) is 4.90 Å². The summed E-state index contributed by atoms with van der Waals surface area (Å²) in [6.07, 6.45) is 6.14. The summed E-state index contributed by atoms with van der Waals surface area (Å²) in [7, 11) is 0. The lowest BCUT2D eigenvalue weighted by atomic mass is 10.2. The number of carbonyl (C=O) groups excluding carboxylic acids is 1. The van der Waals surface area contributed by atoms with Gasteiger partial charge in [0.05, 0.1) is 6.61 Å². The number of benzene rings is 1. The normalized spacial score (nSPS) is 16.0. The average molecular weight is 326 g/mol. The molecule has 0 N–H and O–H groups in total. The Balaban J connectivity index is 1.54. The summed E-state index contributed by atoms with van der Waals surface area (Å²) in [6.45, 7) is 3.75. The summed E-state index contributed by atoms with van der Waals surface area (Å²) in [5.74, 6) is 0.289. The van der Waals surface area contributed by atoms with Crippen LogP contribution in [0.5, 0.6) is 5.75 Å². The van der Waals surface area contributed by atoms with Crippen LogP contribution >= 0.6 is 11.6 Å². The van der Waals surface area contributed by atoms with E-state index in [2.05, 4.69) is 4.90 Å². The van der Waals surface area contributed by atoms with Gasteiger partial charge in [0.2, 0.25) is 0 Å². The number of halogens is 1. The van der Waals surface area contributed by atoms with E-state index in [1.54, 1.807) is 24.3 Å². The van der Waals surface area contributed by atoms with Crippen molar-refractivity contribution < 1.29 is 14.3 Å². The van der Waals surface area contributed by atoms with Gasteiger partial charge < -0.3 is 14.4 Å². The summed E-state index contributed by atoms with van der Waals surface area (Å²) >= 11 is 5.78. The van der Waals surface area contributed by atoms with E-state index in [1.807, 2.05) is 0 Å². The molecule has 1 saturated heterocycles. The van der Waals surface area contributed by atoms with Crippen LogP contribution in [-0.2, 0) is 9.53 Å². The Morgan fingerprint density at radius 3 is 2.45 bits per heavy atom. The van der Waals surface area contributed by atoms with E-state index in [1.165, 1.54) is 38.8 Å². The standard InChI is InChI=1S/C17H24ClNO3/c18-15-6-8-16(9-7-15)22-14-17(20)21-13-5-12-19-10-3-1-2-4-11-19/h6-9H,1-5,10-14H2. The summed E-state index contributed by atoms with van der Waals surface area (Å²) in [5.41, 5.74) is 0. The summed E-state index contributed by atoms with van der Waals surface area (Å²) in [4.78, 5) is 14.1. The van der Waals surface area contributed by atoms with Gasteiger partial charge in [-0.05, 0) is 56.6 Å². The molecule has 4 nitrogen and oxygen atoms in total. The van der Waals surface area contributed by atoms with Gasteiger partial charge in [-0.2, -0.15) is 0 Å². The van der Waals surface area contributed by atoms with Crippen molar-refractivity contribution in [3.63, 3.8) is 0 Å². The highest BCUT2D eigenvalue weighted by molar-refractivity contribution is 6.30. The first-order valence-corrected chi connectivity index (χ1v) is 8.38. The molecule has 0 unspecified atom stereocenters. The summed E-state index contributed by atoms with van der Waals surface area (Å²) < 4.78 is 10.5. The molecule has 1 aromatic rings. The van der Waals surface area contributed by atoms with E-state index in [-0.39, 0.29) is 12.6 Å². The molecule has 0 saturated carbocycles. The van der Waals surface area contributed by atoms with Crippen LogP contribution in [0.15, 0.2) is 24.3 Å². The molecule has 0 bridgehead atoms. The molecule has 5 heteroatoms. The molecule has 1 aliphatic rings. The number of likely N-dealkylation sites (tertiary alicyclic amines) is 1. The van der Waals surface area contributed by atoms with Crippen LogP contribution in [-0.4, -0.2) is 43.7 Å². The Morgan fingerprint density at radius 1 is 1.09 bits per heavy atom. The molecule has 1 aliphatic heterocycles. The third kappa shape index (κ3) is 6.67. The van der Waals surface area contributed by atoms with E-state index in [9.17, 15) is 4.79 Å². The quantitative estimate of drug-likeness (QED) is 0.568. The van der Waals surface area contributed by atoms with Crippen molar-refractivity contribution >= 4 is 17.6 Å². The minimum Gasteiger partial charge on any atom is -0.482 e. The second-order valence-corrected chi connectivity index (χ2v) is 6.01. The molecule has 1 fully saturated rings. The second-order valence-electron chi connectivity index (χ2n) is 5.57. The maximum Gasteiger partial charge on any atom is 0.344 e. The molecule has 0 atom stereocenters. The van der Waals surface area contributed by atoms with Gasteiger partial charge in [-0.15, -0.1) is 0 Å². The maximum absolute atomic E-state index is 11.6. The van der Waals surface area contributed by atoms with E-state index in [0.717, 1.165) is 13.0 Å². The predicted molar refractivity (Wildman–Crippen MR) is 87.4 cm³/mol. The van der Waals surface area contributed by atoms with Crippen molar-refractivity contribution in [2.24, 2.45) is 0 Å². The number of hydrogen-bond acceptors (Lipinski definition) is 4. The minimum absolute atomic E-state index is 0.0641. The van der Waals surface area contributed by atoms with Crippen molar-refractivity contribution in [2.75, 3.05) is 32.8 Å². The van der Waals surface area contributed by atoms with Crippen LogP contribution in [0, 0.1) is 0 Å². The van der Waals surface area contributed by atoms with Crippen LogP contribution in [0.25, 0.3) is 0 Å². The fourth-order valence-corrected chi connectivity index (χ4v) is 2.67. The van der Waals surface area contributed by atoms with Gasteiger partial charge in [-0.25, -0.2) is 4.79 Å². The number of esters is 1. The zero-order valence-corrected chi connectivity index (χ0v) is 13.7. The van der Waals surface area contributed by atoms with Crippen LogP contribution in [0.2, 0.25) is 5.02 Å². The van der Waals surface area contributed by atoms with Gasteiger partial charge in [-0.3, -0.25) is 0 Å². The van der Waals surface area contributed by atoms with Gasteiger partial charge in [-0.1, -0.05) is 24.4 Å². The van der Waals surface area contributed by atoms with Crippen LogP contribution in [0.3, 0.4) is 0 Å². The van der Waals surface area contributed by atoms with Gasteiger partial charge in [0.1, 0.15) is 5.75 Å². The van der Waals surface area contributed by atoms with Gasteiger partial charge in [0.15, 0.2) is 6.61 Å². The molecule has 0 spiro atoms. The first-order chi connectivity index (χ1) is 10.7. The molecular weight excluding hydrogens is 302 g/mol. The van der Waals surface area contributed by atoms with Crippen LogP contribution < -0.4 is 4.74 Å². The van der Waals surface area contributed by atoms with E-state index >= 15 is 0 Å². The lowest BCUT2D eigenvalue weighted by Crippen LogP contribution is -2.27. The highest BCUT2D eigenvalue weighted by atomic mass is 35.5. The highest BCUT2D eigenvalue weighted by Gasteiger charge is 2.09. The maximum atomic E-state index is 11.6. The molecule has 1 heterocycles. The first kappa shape index (κ1) is 17.1. The molecule has 0 aliphatic carbocycles. The molecular formula is C17H24ClNO3.